The predicted molar refractivity (Wildman–Crippen MR) is 216 cm³/mol. The van der Waals surface area contributed by atoms with Gasteiger partial charge in [-0.2, -0.15) is 0 Å². The Morgan fingerprint density at radius 3 is 1.71 bits per heavy atom. The molecule has 0 N–H and O–H groups in total. The molecule has 0 aliphatic rings. The molecule has 0 fully saturated rings. The summed E-state index contributed by atoms with van der Waals surface area (Å²) in [6.45, 7) is 0.934. The summed E-state index contributed by atoms with van der Waals surface area (Å²) in [7, 11) is 4.63. The van der Waals surface area contributed by atoms with Gasteiger partial charge < -0.3 is 28.4 Å². The molecule has 0 amide bonds. The van der Waals surface area contributed by atoms with Crippen LogP contribution < -0.4 is 14.2 Å². The largest absolute Gasteiger partial charge is 0.497 e. The molecule has 56 heavy (non-hydrogen) atoms. The van der Waals surface area contributed by atoms with Crippen LogP contribution in [0.2, 0.25) is 0 Å². The first-order valence-electron chi connectivity index (χ1n) is 18.5. The molecule has 0 bridgehead atoms. The molecule has 6 rings (SSSR count). The smallest absolute Gasteiger partial charge is 0.306 e. The minimum Gasteiger partial charge on any atom is -0.497 e. The van der Waals surface area contributed by atoms with Crippen LogP contribution in [0.3, 0.4) is 0 Å². The van der Waals surface area contributed by atoms with Gasteiger partial charge in [-0.15, -0.1) is 0 Å². The van der Waals surface area contributed by atoms with Crippen molar-refractivity contribution in [3.63, 3.8) is 0 Å². The van der Waals surface area contributed by atoms with Gasteiger partial charge in [0.2, 0.25) is 0 Å². The predicted octanol–water partition coefficient (Wildman–Crippen LogP) is 9.50. The van der Waals surface area contributed by atoms with E-state index in [4.69, 9.17) is 23.7 Å². The molecule has 0 saturated heterocycles. The van der Waals surface area contributed by atoms with Crippen LogP contribution in [0.15, 0.2) is 152 Å². The second kappa shape index (κ2) is 19.3. The fourth-order valence-corrected chi connectivity index (χ4v) is 6.54. The van der Waals surface area contributed by atoms with Gasteiger partial charge in [-0.3, -0.25) is 9.59 Å². The van der Waals surface area contributed by atoms with E-state index in [1.165, 1.54) is 7.11 Å². The van der Waals surface area contributed by atoms with Gasteiger partial charge in [0.15, 0.2) is 0 Å². The maximum absolute atomic E-state index is 12.0. The van der Waals surface area contributed by atoms with E-state index >= 15 is 0 Å². The van der Waals surface area contributed by atoms with E-state index in [-0.39, 0.29) is 19.4 Å². The molecular formula is C48H46O8. The molecule has 0 radical (unpaired) electrons. The number of ether oxygens (including phenoxy) is 6. The summed E-state index contributed by atoms with van der Waals surface area (Å²) in [5.74, 6) is 1.41. The van der Waals surface area contributed by atoms with Crippen LogP contribution in [0.25, 0.3) is 11.1 Å². The van der Waals surface area contributed by atoms with Gasteiger partial charge in [0.1, 0.15) is 36.1 Å². The van der Waals surface area contributed by atoms with Gasteiger partial charge >= 0.3 is 11.9 Å². The highest BCUT2D eigenvalue weighted by molar-refractivity contribution is 5.77. The lowest BCUT2D eigenvalue weighted by atomic mass is 9.80. The van der Waals surface area contributed by atoms with E-state index in [1.807, 2.05) is 84.9 Å². The zero-order chi connectivity index (χ0) is 39.2. The number of hydrogen-bond donors (Lipinski definition) is 0. The molecule has 8 heteroatoms. The van der Waals surface area contributed by atoms with E-state index < -0.39 is 17.5 Å². The first kappa shape index (κ1) is 39.3. The second-order valence-corrected chi connectivity index (χ2v) is 13.2. The van der Waals surface area contributed by atoms with Crippen LogP contribution in [0.5, 0.6) is 17.2 Å². The standard InChI is InChI=1S/C48H46O8/c1-51-43-23-19-41(20-24-43)48(40-12-5-4-6-13-40,42-21-25-44(52-2)26-22-42)56-30-29-35-15-17-38(18-16-35)39-11-8-14-45(32-39)54-33-36-9-7-10-37(31-36)34-55-47(50)28-27-46(49)53-3/h4-26,31-32H,27-30,33-34H2,1-3H3. The summed E-state index contributed by atoms with van der Waals surface area (Å²) < 4.78 is 34.1. The van der Waals surface area contributed by atoms with Gasteiger partial charge in [0.25, 0.3) is 0 Å². The van der Waals surface area contributed by atoms with Gasteiger partial charge in [0, 0.05) is 0 Å². The molecule has 0 spiro atoms. The third-order valence-electron chi connectivity index (χ3n) is 9.56. The summed E-state index contributed by atoms with van der Waals surface area (Å²) in [6, 6.07) is 50.7. The van der Waals surface area contributed by atoms with Crippen LogP contribution in [0.1, 0.15) is 46.2 Å². The maximum atomic E-state index is 12.0. The van der Waals surface area contributed by atoms with Crippen molar-refractivity contribution < 1.29 is 38.0 Å². The van der Waals surface area contributed by atoms with Crippen molar-refractivity contribution in [2.45, 2.75) is 38.1 Å². The molecule has 0 aliphatic carbocycles. The normalized spacial score (nSPS) is 11.1. The van der Waals surface area contributed by atoms with Crippen LogP contribution in [0, 0.1) is 0 Å². The molecule has 286 valence electrons. The van der Waals surface area contributed by atoms with E-state index in [0.29, 0.717) is 19.6 Å². The van der Waals surface area contributed by atoms with Crippen molar-refractivity contribution in [2.24, 2.45) is 0 Å². The maximum Gasteiger partial charge on any atom is 0.306 e. The highest BCUT2D eigenvalue weighted by Crippen LogP contribution is 2.42. The molecular weight excluding hydrogens is 705 g/mol. The van der Waals surface area contributed by atoms with Crippen LogP contribution in [-0.2, 0) is 49.0 Å². The Bertz CT molecular complexity index is 2110. The molecule has 0 heterocycles. The lowest BCUT2D eigenvalue weighted by Gasteiger charge is -2.36. The lowest BCUT2D eigenvalue weighted by molar-refractivity contribution is -0.149. The molecule has 0 aromatic heterocycles. The third kappa shape index (κ3) is 10.0. The monoisotopic (exact) mass is 750 g/mol. The summed E-state index contributed by atoms with van der Waals surface area (Å²) in [4.78, 5) is 23.3. The van der Waals surface area contributed by atoms with E-state index in [0.717, 1.165) is 61.8 Å². The number of hydrogen-bond acceptors (Lipinski definition) is 8. The fraction of sp³-hybridized carbons (Fsp3) is 0.208. The lowest BCUT2D eigenvalue weighted by Crippen LogP contribution is -2.33. The topological polar surface area (TPSA) is 89.5 Å². The van der Waals surface area contributed by atoms with Gasteiger partial charge in [-0.25, -0.2) is 0 Å². The SMILES string of the molecule is COC(=O)CCC(=O)OCc1cccc(COc2cccc(-c3ccc(CCOC(c4ccccc4)(c4ccc(OC)cc4)c4ccc(OC)cc4)cc3)c2)c1. The number of methoxy groups -OCH3 is 3. The summed E-state index contributed by atoms with van der Waals surface area (Å²) in [5, 5.41) is 0. The minimum absolute atomic E-state index is 0.00471. The third-order valence-corrected chi connectivity index (χ3v) is 9.56. The van der Waals surface area contributed by atoms with Crippen LogP contribution >= 0.6 is 0 Å². The van der Waals surface area contributed by atoms with Gasteiger partial charge in [-0.1, -0.05) is 109 Å². The summed E-state index contributed by atoms with van der Waals surface area (Å²) in [5.41, 5.74) is 7.19. The number of carbonyl (C=O) groups is 2. The fourth-order valence-electron chi connectivity index (χ4n) is 6.54. The Balaban J connectivity index is 1.11. The van der Waals surface area contributed by atoms with Gasteiger partial charge in [0.05, 0.1) is 40.8 Å². The van der Waals surface area contributed by atoms with E-state index in [2.05, 4.69) is 71.5 Å². The minimum atomic E-state index is -0.874. The highest BCUT2D eigenvalue weighted by Gasteiger charge is 2.37. The average molecular weight is 751 g/mol. The highest BCUT2D eigenvalue weighted by atomic mass is 16.5. The molecule has 6 aromatic carbocycles. The molecule has 0 saturated carbocycles. The Labute approximate surface area is 328 Å². The Morgan fingerprint density at radius 1 is 0.500 bits per heavy atom. The molecule has 0 atom stereocenters. The first-order valence-corrected chi connectivity index (χ1v) is 18.5. The van der Waals surface area contributed by atoms with Crippen molar-refractivity contribution in [3.8, 4) is 28.4 Å². The van der Waals surface area contributed by atoms with Crippen molar-refractivity contribution >= 4 is 11.9 Å². The van der Waals surface area contributed by atoms with Crippen molar-refractivity contribution in [3.05, 3.63) is 185 Å². The van der Waals surface area contributed by atoms with E-state index in [1.54, 1.807) is 14.2 Å². The van der Waals surface area contributed by atoms with Crippen LogP contribution in [0.4, 0.5) is 0 Å². The van der Waals surface area contributed by atoms with Crippen molar-refractivity contribution in [2.75, 3.05) is 27.9 Å². The first-order chi connectivity index (χ1) is 27.4. The number of rotatable bonds is 18. The molecule has 8 nitrogen and oxygen atoms in total. The second-order valence-electron chi connectivity index (χ2n) is 13.2. The molecule has 0 aliphatic heterocycles. The van der Waals surface area contributed by atoms with Crippen molar-refractivity contribution in [1.29, 1.82) is 0 Å². The summed E-state index contributed by atoms with van der Waals surface area (Å²) >= 11 is 0. The molecule has 0 unspecified atom stereocenters. The number of benzene rings is 6. The summed E-state index contributed by atoms with van der Waals surface area (Å²) in [6.07, 6.45) is 0.681. The molecule has 6 aromatic rings. The quantitative estimate of drug-likeness (QED) is 0.0634. The average Bonchev–Trinajstić information content (AvgIpc) is 3.26. The Morgan fingerprint density at radius 2 is 1.09 bits per heavy atom. The van der Waals surface area contributed by atoms with Crippen molar-refractivity contribution in [1.82, 2.24) is 0 Å². The van der Waals surface area contributed by atoms with Crippen LogP contribution in [-0.4, -0.2) is 39.9 Å². The van der Waals surface area contributed by atoms with Gasteiger partial charge in [-0.05, 0) is 93.4 Å². The number of carbonyl (C=O) groups excluding carboxylic acids is 2. The zero-order valence-electron chi connectivity index (χ0n) is 31.9. The zero-order valence-corrected chi connectivity index (χ0v) is 31.9. The Kier molecular flexibility index (Phi) is 13.5. The van der Waals surface area contributed by atoms with E-state index in [9.17, 15) is 9.59 Å². The Hall–Kier alpha value is -6.38. The number of esters is 2.